The van der Waals surface area contributed by atoms with Gasteiger partial charge in [-0.2, -0.15) is 0 Å². The Labute approximate surface area is 113 Å². The second-order valence-electron chi connectivity index (χ2n) is 4.42. The molecule has 1 saturated heterocycles. The second-order valence-corrected chi connectivity index (χ2v) is 4.42. The number of hydrogen-bond donors (Lipinski definition) is 3. The monoisotopic (exact) mass is 269 g/mol. The maximum atomic E-state index is 11.6. The van der Waals surface area contributed by atoms with Gasteiger partial charge < -0.3 is 20.9 Å². The van der Waals surface area contributed by atoms with Crippen LogP contribution in [-0.4, -0.2) is 62.4 Å². The van der Waals surface area contributed by atoms with E-state index in [0.717, 1.165) is 13.0 Å². The molecule has 7 heteroatoms. The Kier molecular flexibility index (Phi) is 6.11. The topological polar surface area (TPSA) is 85.8 Å². The largest absolute Gasteiger partial charge is 0.358 e. The van der Waals surface area contributed by atoms with Crippen molar-refractivity contribution in [1.82, 2.24) is 20.9 Å². The lowest BCUT2D eigenvalue weighted by Crippen LogP contribution is -2.47. The molecule has 2 amide bonds. The highest BCUT2D eigenvalue weighted by Crippen LogP contribution is 2.10. The number of amides is 2. The summed E-state index contributed by atoms with van der Waals surface area (Å²) in [5, 5.41) is 8.68. The van der Waals surface area contributed by atoms with Crippen LogP contribution < -0.4 is 16.0 Å². The molecule has 1 fully saturated rings. The lowest BCUT2D eigenvalue weighted by molar-refractivity contribution is -0.129. The molecule has 3 N–H and O–H groups in total. The Morgan fingerprint density at radius 1 is 1.42 bits per heavy atom. The van der Waals surface area contributed by atoms with Crippen LogP contribution in [0.3, 0.4) is 0 Å². The number of carbonyl (C=O) groups excluding carboxylic acids is 2. The first-order valence-corrected chi connectivity index (χ1v) is 6.56. The molecule has 0 aromatic carbocycles. The quantitative estimate of drug-likeness (QED) is 0.447. The average molecular weight is 269 g/mol. The van der Waals surface area contributed by atoms with E-state index in [1.807, 2.05) is 11.8 Å². The van der Waals surface area contributed by atoms with Crippen LogP contribution >= 0.6 is 0 Å². The first-order chi connectivity index (χ1) is 9.10. The van der Waals surface area contributed by atoms with Crippen LogP contribution in [0.5, 0.6) is 0 Å². The van der Waals surface area contributed by atoms with E-state index >= 15 is 0 Å². The number of hydrogen-bond acceptors (Lipinski definition) is 3. The number of carbonyl (C=O) groups is 2. The number of guanidine groups is 1. The Balaban J connectivity index is 2.37. The first-order valence-electron chi connectivity index (χ1n) is 6.56. The van der Waals surface area contributed by atoms with E-state index in [1.165, 1.54) is 0 Å². The van der Waals surface area contributed by atoms with Crippen LogP contribution in [0.1, 0.15) is 19.8 Å². The van der Waals surface area contributed by atoms with Gasteiger partial charge in [-0.25, -0.2) is 0 Å². The predicted molar refractivity (Wildman–Crippen MR) is 73.8 cm³/mol. The molecule has 0 aromatic rings. The van der Waals surface area contributed by atoms with Crippen LogP contribution in [-0.2, 0) is 9.59 Å². The zero-order valence-electron chi connectivity index (χ0n) is 11.8. The molecular formula is C12H23N5O2. The van der Waals surface area contributed by atoms with Crippen molar-refractivity contribution < 1.29 is 9.59 Å². The van der Waals surface area contributed by atoms with Crippen LogP contribution in [0, 0.1) is 0 Å². The van der Waals surface area contributed by atoms with E-state index < -0.39 is 0 Å². The summed E-state index contributed by atoms with van der Waals surface area (Å²) in [6, 6.07) is 0.186. The van der Waals surface area contributed by atoms with Crippen molar-refractivity contribution in [2.75, 3.05) is 33.7 Å². The minimum atomic E-state index is -0.0999. The number of nitrogens with zero attached hydrogens (tertiary/aromatic N) is 2. The molecule has 0 bridgehead atoms. The van der Waals surface area contributed by atoms with Crippen molar-refractivity contribution in [3.63, 3.8) is 0 Å². The van der Waals surface area contributed by atoms with Crippen LogP contribution in [0.25, 0.3) is 0 Å². The first kappa shape index (κ1) is 15.3. The van der Waals surface area contributed by atoms with Crippen molar-refractivity contribution in [3.8, 4) is 0 Å². The van der Waals surface area contributed by atoms with Gasteiger partial charge in [0.05, 0.1) is 6.54 Å². The minimum Gasteiger partial charge on any atom is -0.358 e. The van der Waals surface area contributed by atoms with Gasteiger partial charge in [-0.1, -0.05) is 6.92 Å². The summed E-state index contributed by atoms with van der Waals surface area (Å²) in [5.74, 6) is 0.661. The number of nitrogens with one attached hydrogen (secondary N) is 3. The SMILES string of the molecule is CCC(=O)N1CCC(NC(=NC)NCC(=O)NC)C1. The van der Waals surface area contributed by atoms with Gasteiger partial charge in [-0.15, -0.1) is 0 Å². The molecule has 1 heterocycles. The number of rotatable bonds is 4. The van der Waals surface area contributed by atoms with E-state index in [2.05, 4.69) is 20.9 Å². The molecule has 0 spiro atoms. The maximum absolute atomic E-state index is 11.6. The van der Waals surface area contributed by atoms with Crippen molar-refractivity contribution in [3.05, 3.63) is 0 Å². The van der Waals surface area contributed by atoms with Gasteiger partial charge in [0.25, 0.3) is 0 Å². The number of likely N-dealkylation sites (tertiary alicyclic amines) is 1. The summed E-state index contributed by atoms with van der Waals surface area (Å²) in [4.78, 5) is 28.6. The summed E-state index contributed by atoms with van der Waals surface area (Å²) in [6.45, 7) is 3.51. The van der Waals surface area contributed by atoms with Crippen molar-refractivity contribution in [1.29, 1.82) is 0 Å². The van der Waals surface area contributed by atoms with E-state index in [4.69, 9.17) is 0 Å². The molecule has 7 nitrogen and oxygen atoms in total. The van der Waals surface area contributed by atoms with Gasteiger partial charge in [-0.3, -0.25) is 14.6 Å². The van der Waals surface area contributed by atoms with Crippen molar-refractivity contribution in [2.24, 2.45) is 4.99 Å². The molecule has 1 unspecified atom stereocenters. The van der Waals surface area contributed by atoms with Crippen LogP contribution in [0.2, 0.25) is 0 Å². The third kappa shape index (κ3) is 4.76. The zero-order chi connectivity index (χ0) is 14.3. The molecule has 0 saturated carbocycles. The van der Waals surface area contributed by atoms with Crippen LogP contribution in [0.4, 0.5) is 0 Å². The highest BCUT2D eigenvalue weighted by atomic mass is 16.2. The minimum absolute atomic E-state index is 0.0999. The van der Waals surface area contributed by atoms with Gasteiger partial charge in [0.1, 0.15) is 0 Å². The molecule has 1 aliphatic heterocycles. The Morgan fingerprint density at radius 3 is 2.74 bits per heavy atom. The van der Waals surface area contributed by atoms with Gasteiger partial charge >= 0.3 is 0 Å². The maximum Gasteiger partial charge on any atom is 0.239 e. The van der Waals surface area contributed by atoms with E-state index in [0.29, 0.717) is 18.9 Å². The lowest BCUT2D eigenvalue weighted by atomic mass is 10.3. The fourth-order valence-electron chi connectivity index (χ4n) is 1.97. The van der Waals surface area contributed by atoms with Gasteiger partial charge in [-0.05, 0) is 6.42 Å². The van der Waals surface area contributed by atoms with Gasteiger partial charge in [0, 0.05) is 39.6 Å². The smallest absolute Gasteiger partial charge is 0.239 e. The molecule has 0 radical (unpaired) electrons. The number of likely N-dealkylation sites (N-methyl/N-ethyl adjacent to an activating group) is 1. The van der Waals surface area contributed by atoms with Crippen molar-refractivity contribution >= 4 is 17.8 Å². The molecule has 108 valence electrons. The normalized spacial score (nSPS) is 19.2. The fourth-order valence-corrected chi connectivity index (χ4v) is 1.97. The number of aliphatic imine (C=N–C) groups is 1. The molecular weight excluding hydrogens is 246 g/mol. The van der Waals surface area contributed by atoms with Gasteiger partial charge in [0.2, 0.25) is 11.8 Å². The summed E-state index contributed by atoms with van der Waals surface area (Å²) in [6.07, 6.45) is 1.43. The third-order valence-corrected chi connectivity index (χ3v) is 3.10. The molecule has 1 rings (SSSR count). The molecule has 1 atom stereocenters. The van der Waals surface area contributed by atoms with Crippen LogP contribution in [0.15, 0.2) is 4.99 Å². The molecule has 19 heavy (non-hydrogen) atoms. The summed E-state index contributed by atoms with van der Waals surface area (Å²) < 4.78 is 0. The van der Waals surface area contributed by atoms with E-state index in [9.17, 15) is 9.59 Å². The third-order valence-electron chi connectivity index (χ3n) is 3.10. The van der Waals surface area contributed by atoms with Gasteiger partial charge in [0.15, 0.2) is 5.96 Å². The summed E-state index contributed by atoms with van der Waals surface area (Å²) in [5.41, 5.74) is 0. The molecule has 1 aliphatic rings. The van der Waals surface area contributed by atoms with E-state index in [-0.39, 0.29) is 24.4 Å². The van der Waals surface area contributed by atoms with Crippen molar-refractivity contribution in [2.45, 2.75) is 25.8 Å². The average Bonchev–Trinajstić information content (AvgIpc) is 2.90. The standard InChI is InChI=1S/C12H23N5O2/c1-4-11(19)17-6-5-9(8-17)16-12(14-3)15-7-10(18)13-2/h9H,4-8H2,1-3H3,(H,13,18)(H2,14,15,16). The second kappa shape index (κ2) is 7.60. The Hall–Kier alpha value is -1.79. The summed E-state index contributed by atoms with van der Waals surface area (Å²) in [7, 11) is 3.24. The lowest BCUT2D eigenvalue weighted by Gasteiger charge is -2.18. The fraction of sp³-hybridized carbons (Fsp3) is 0.750. The predicted octanol–water partition coefficient (Wildman–Crippen LogP) is -1.09. The Bertz CT molecular complexity index is 356. The molecule has 0 aliphatic carbocycles. The van der Waals surface area contributed by atoms with E-state index in [1.54, 1.807) is 14.1 Å². The molecule has 0 aromatic heterocycles. The Morgan fingerprint density at radius 2 is 2.16 bits per heavy atom. The summed E-state index contributed by atoms with van der Waals surface area (Å²) >= 11 is 0. The highest BCUT2D eigenvalue weighted by Gasteiger charge is 2.25. The highest BCUT2D eigenvalue weighted by molar-refractivity contribution is 5.86. The zero-order valence-corrected chi connectivity index (χ0v) is 11.8.